The van der Waals surface area contributed by atoms with Gasteiger partial charge in [-0.1, -0.05) is 117 Å². The predicted octanol–water partition coefficient (Wildman–Crippen LogP) is 7.21. The third kappa shape index (κ3) is 6.83. The summed E-state index contributed by atoms with van der Waals surface area (Å²) in [5, 5.41) is 2.49. The van der Waals surface area contributed by atoms with E-state index in [4.69, 9.17) is 0 Å². The highest BCUT2D eigenvalue weighted by Crippen LogP contribution is 2.13. The van der Waals surface area contributed by atoms with Crippen molar-refractivity contribution in [1.82, 2.24) is 0 Å². The number of hydrogen-bond donors (Lipinski definition) is 0. The smallest absolute Gasteiger partial charge is 0.0181 e. The van der Waals surface area contributed by atoms with Gasteiger partial charge in [0, 0.05) is 0 Å². The van der Waals surface area contributed by atoms with E-state index in [1.165, 1.54) is 42.0 Å². The highest BCUT2D eigenvalue weighted by atomic mass is 14.0. The minimum absolute atomic E-state index is 1.14. The molecule has 0 N–H and O–H groups in total. The van der Waals surface area contributed by atoms with E-state index in [1.54, 1.807) is 0 Å². The van der Waals surface area contributed by atoms with Gasteiger partial charge >= 0.3 is 0 Å². The summed E-state index contributed by atoms with van der Waals surface area (Å²) in [5.74, 6) is 0. The molecule has 0 saturated heterocycles. The first-order valence-electron chi connectivity index (χ1n) is 9.04. The Morgan fingerprint density at radius 2 is 1.08 bits per heavy atom. The van der Waals surface area contributed by atoms with Crippen molar-refractivity contribution < 1.29 is 0 Å². The molecule has 0 heterocycles. The average molecular weight is 316 g/mol. The summed E-state index contributed by atoms with van der Waals surface area (Å²) in [6.45, 7) is 2.26. The quantitative estimate of drug-likeness (QED) is 0.511. The van der Waals surface area contributed by atoms with Crippen LogP contribution < -0.4 is 0 Å². The minimum atomic E-state index is 1.14. The lowest BCUT2D eigenvalue weighted by atomic mass is 10.1. The van der Waals surface area contributed by atoms with Gasteiger partial charge in [0.25, 0.3) is 0 Å². The summed E-state index contributed by atoms with van der Waals surface area (Å²) in [6, 6.07) is 32.0. The van der Waals surface area contributed by atoms with Crippen molar-refractivity contribution in [1.29, 1.82) is 0 Å². The zero-order valence-corrected chi connectivity index (χ0v) is 14.7. The highest BCUT2D eigenvalue weighted by molar-refractivity contribution is 5.80. The largest absolute Gasteiger partial charge is 0.0654 e. The van der Waals surface area contributed by atoms with E-state index in [-0.39, 0.29) is 0 Å². The van der Waals surface area contributed by atoms with Crippen LogP contribution in [-0.4, -0.2) is 0 Å². The summed E-state index contributed by atoms with van der Waals surface area (Å²) < 4.78 is 0. The van der Waals surface area contributed by atoms with Gasteiger partial charge in [-0.2, -0.15) is 0 Å². The molecule has 24 heavy (non-hydrogen) atoms. The molecule has 0 radical (unpaired) electrons. The first-order chi connectivity index (χ1) is 11.9. The molecule has 0 aliphatic carbocycles. The van der Waals surface area contributed by atoms with Crippen molar-refractivity contribution in [2.45, 2.75) is 39.0 Å². The van der Waals surface area contributed by atoms with E-state index in [2.05, 4.69) is 91.9 Å². The Balaban J connectivity index is 2.54. The van der Waals surface area contributed by atoms with E-state index >= 15 is 0 Å². The molecule has 0 aromatic heterocycles. The van der Waals surface area contributed by atoms with Gasteiger partial charge in [-0.3, -0.25) is 0 Å². The lowest BCUT2D eigenvalue weighted by Crippen LogP contribution is -1.84. The van der Waals surface area contributed by atoms with Gasteiger partial charge in [-0.05, 0) is 29.2 Å². The maximum absolute atomic E-state index is 2.33. The molecule has 0 amide bonds. The molecule has 0 fully saturated rings. The van der Waals surface area contributed by atoms with Crippen LogP contribution in [-0.2, 0) is 6.42 Å². The van der Waals surface area contributed by atoms with Gasteiger partial charge in [-0.25, -0.2) is 0 Å². The van der Waals surface area contributed by atoms with Crippen molar-refractivity contribution >= 4 is 10.8 Å². The van der Waals surface area contributed by atoms with Gasteiger partial charge in [0.2, 0.25) is 0 Å². The number of rotatable bonds is 5. The topological polar surface area (TPSA) is 0 Å². The molecular formula is C24H28. The Hall–Kier alpha value is -2.34. The van der Waals surface area contributed by atoms with Crippen molar-refractivity contribution in [2.24, 2.45) is 0 Å². The molecule has 2 aromatic rings. The van der Waals surface area contributed by atoms with Crippen LogP contribution in [0.4, 0.5) is 0 Å². The lowest BCUT2D eigenvalue weighted by molar-refractivity contribution is 0.667. The van der Waals surface area contributed by atoms with E-state index in [9.17, 15) is 0 Å². The summed E-state index contributed by atoms with van der Waals surface area (Å²) in [6.07, 6.45) is 6.32. The third-order valence-electron chi connectivity index (χ3n) is 4.02. The van der Waals surface area contributed by atoms with Crippen LogP contribution in [0.5, 0.6) is 0 Å². The van der Waals surface area contributed by atoms with Gasteiger partial charge < -0.3 is 0 Å². The maximum Gasteiger partial charge on any atom is -0.0181 e. The van der Waals surface area contributed by atoms with E-state index < -0.39 is 0 Å². The second-order valence-corrected chi connectivity index (χ2v) is 6.03. The van der Waals surface area contributed by atoms with Crippen LogP contribution in [0.15, 0.2) is 91.0 Å². The molecule has 0 atom stereocenters. The molecule has 0 nitrogen and oxygen atoms in total. The first-order valence-corrected chi connectivity index (χ1v) is 9.04. The normalized spacial score (nSPS) is 9.88. The van der Waals surface area contributed by atoms with Crippen molar-refractivity contribution in [3.05, 3.63) is 96.6 Å². The SMILES string of the molecule is CCCCCCc1ccccccc2ccccccccc2c1. The fourth-order valence-electron chi connectivity index (χ4n) is 2.68. The Kier molecular flexibility index (Phi) is 8.43. The zero-order valence-electron chi connectivity index (χ0n) is 14.7. The number of unbranched alkanes of at least 4 members (excludes halogenated alkanes) is 3. The van der Waals surface area contributed by atoms with Crippen LogP contribution in [0.25, 0.3) is 10.8 Å². The fraction of sp³-hybridized carbons (Fsp3) is 0.250. The van der Waals surface area contributed by atoms with E-state index in [1.807, 2.05) is 6.07 Å². The molecule has 0 bridgehead atoms. The monoisotopic (exact) mass is 316 g/mol. The van der Waals surface area contributed by atoms with E-state index in [0.717, 1.165) is 6.42 Å². The zero-order chi connectivity index (χ0) is 16.9. The molecule has 2 aromatic carbocycles. The molecule has 0 heteroatoms. The molecule has 0 saturated carbocycles. The highest BCUT2D eigenvalue weighted by Gasteiger charge is 1.93. The summed E-state index contributed by atoms with van der Waals surface area (Å²) in [5.41, 5.74) is 1.40. The third-order valence-corrected chi connectivity index (χ3v) is 4.02. The summed E-state index contributed by atoms with van der Waals surface area (Å²) in [7, 11) is 0. The van der Waals surface area contributed by atoms with E-state index in [0.29, 0.717) is 0 Å². The van der Waals surface area contributed by atoms with Gasteiger partial charge in [-0.15, -0.1) is 0 Å². The van der Waals surface area contributed by atoms with Crippen LogP contribution in [0.2, 0.25) is 0 Å². The van der Waals surface area contributed by atoms with Crippen LogP contribution in [0.1, 0.15) is 38.2 Å². The van der Waals surface area contributed by atoms with Gasteiger partial charge in [0.15, 0.2) is 0 Å². The van der Waals surface area contributed by atoms with Crippen LogP contribution in [0.3, 0.4) is 0 Å². The molecule has 124 valence electrons. The first kappa shape index (κ1) is 18.0. The molecule has 0 spiro atoms. The summed E-state index contributed by atoms with van der Waals surface area (Å²) >= 11 is 0. The second kappa shape index (κ2) is 11.2. The standard InChI is InChI=1S/C24H28/c1-2-3-4-11-16-22-17-12-9-10-14-19-23-18-13-7-5-6-8-15-20-24(23)21-22/h5-10,12-15,17-21H,2-4,11,16H2,1H3. The molecule has 0 aliphatic rings. The summed E-state index contributed by atoms with van der Waals surface area (Å²) in [4.78, 5) is 0. The number of fused-ring (bicyclic) bond motifs is 1. The Labute approximate surface area is 146 Å². The molecular weight excluding hydrogens is 288 g/mol. The van der Waals surface area contributed by atoms with Gasteiger partial charge in [0.1, 0.15) is 0 Å². The average Bonchev–Trinajstić information content (AvgIpc) is 2.60. The molecule has 0 aliphatic heterocycles. The van der Waals surface area contributed by atoms with Crippen LogP contribution >= 0.6 is 0 Å². The maximum atomic E-state index is 2.33. The second-order valence-electron chi connectivity index (χ2n) is 6.03. The number of aryl methyl sites for hydroxylation is 1. The van der Waals surface area contributed by atoms with Crippen LogP contribution in [0, 0.1) is 0 Å². The van der Waals surface area contributed by atoms with Crippen molar-refractivity contribution in [3.8, 4) is 0 Å². The lowest BCUT2D eigenvalue weighted by Gasteiger charge is -2.00. The Bertz CT molecular complexity index is 717. The Morgan fingerprint density at radius 1 is 0.542 bits per heavy atom. The Morgan fingerprint density at radius 3 is 1.71 bits per heavy atom. The van der Waals surface area contributed by atoms with Crippen molar-refractivity contribution in [3.63, 3.8) is 0 Å². The molecule has 2 rings (SSSR count). The molecule has 0 unspecified atom stereocenters. The minimum Gasteiger partial charge on any atom is -0.0654 e. The predicted molar refractivity (Wildman–Crippen MR) is 107 cm³/mol. The van der Waals surface area contributed by atoms with Gasteiger partial charge in [0.05, 0.1) is 0 Å². The fourth-order valence-corrected chi connectivity index (χ4v) is 2.68. The number of hydrogen-bond acceptors (Lipinski definition) is 0. The van der Waals surface area contributed by atoms with Crippen molar-refractivity contribution in [2.75, 3.05) is 0 Å².